The molecular weight excluding hydrogens is 534 g/mol. The maximum atomic E-state index is 13.9. The lowest BCUT2D eigenvalue weighted by Crippen LogP contribution is -2.52. The van der Waals surface area contributed by atoms with E-state index < -0.39 is 35.5 Å². The number of ketones is 2. The Hall–Kier alpha value is -3.49. The van der Waals surface area contributed by atoms with Crippen LogP contribution in [-0.4, -0.2) is 48.4 Å². The van der Waals surface area contributed by atoms with Gasteiger partial charge in [0.2, 0.25) is 17.6 Å². The highest BCUT2D eigenvalue weighted by Crippen LogP contribution is 2.32. The number of piperidine rings is 1. The zero-order valence-corrected chi connectivity index (χ0v) is 25.1. The average Bonchev–Trinajstić information content (AvgIpc) is 3.41. The molecule has 3 atom stereocenters. The largest absolute Gasteiger partial charge is 0.453 e. The average molecular weight is 580 g/mol. The van der Waals surface area contributed by atoms with Gasteiger partial charge in [0.15, 0.2) is 11.5 Å². The molecular formula is C33H45N3O6. The van der Waals surface area contributed by atoms with E-state index in [1.165, 1.54) is 0 Å². The van der Waals surface area contributed by atoms with Gasteiger partial charge in [0.05, 0.1) is 6.04 Å². The zero-order chi connectivity index (χ0) is 30.3. The highest BCUT2D eigenvalue weighted by molar-refractivity contribution is 6.38. The minimum absolute atomic E-state index is 0.0347. The summed E-state index contributed by atoms with van der Waals surface area (Å²) >= 11 is 0. The second-order valence-corrected chi connectivity index (χ2v) is 13.2. The van der Waals surface area contributed by atoms with E-state index in [4.69, 9.17) is 4.42 Å². The van der Waals surface area contributed by atoms with Crippen LogP contribution in [0.2, 0.25) is 0 Å². The number of furan rings is 1. The number of carbonyl (C=O) groups excluding carboxylic acids is 5. The van der Waals surface area contributed by atoms with E-state index in [9.17, 15) is 24.0 Å². The number of para-hydroxylation sites is 1. The normalized spacial score (nSPS) is 19.5. The van der Waals surface area contributed by atoms with Gasteiger partial charge in [-0.25, -0.2) is 0 Å². The van der Waals surface area contributed by atoms with Crippen molar-refractivity contribution in [2.45, 2.75) is 91.0 Å². The number of rotatable bonds is 12. The van der Waals surface area contributed by atoms with Crippen molar-refractivity contribution in [1.29, 1.82) is 0 Å². The van der Waals surface area contributed by atoms with Gasteiger partial charge in [-0.2, -0.15) is 0 Å². The second kappa shape index (κ2) is 14.1. The molecule has 0 spiro atoms. The second-order valence-electron chi connectivity index (χ2n) is 13.2. The molecule has 1 saturated heterocycles. The summed E-state index contributed by atoms with van der Waals surface area (Å²) in [7, 11) is 0. The van der Waals surface area contributed by atoms with E-state index in [1.807, 2.05) is 39.0 Å². The van der Waals surface area contributed by atoms with Crippen molar-refractivity contribution in [2.24, 2.45) is 23.2 Å². The zero-order valence-electron chi connectivity index (χ0n) is 25.1. The van der Waals surface area contributed by atoms with Gasteiger partial charge in [-0.15, -0.1) is 0 Å². The van der Waals surface area contributed by atoms with Crippen molar-refractivity contribution in [3.8, 4) is 0 Å². The fourth-order valence-electron chi connectivity index (χ4n) is 6.01. The van der Waals surface area contributed by atoms with Crippen LogP contribution in [0.4, 0.5) is 0 Å². The van der Waals surface area contributed by atoms with Gasteiger partial charge >= 0.3 is 0 Å². The highest BCUT2D eigenvalue weighted by Gasteiger charge is 2.36. The summed E-state index contributed by atoms with van der Waals surface area (Å²) in [6, 6.07) is 7.89. The number of benzene rings is 1. The first-order valence-corrected chi connectivity index (χ1v) is 15.4. The molecule has 3 amide bonds. The van der Waals surface area contributed by atoms with E-state index >= 15 is 0 Å². The number of nitrogens with one attached hydrogen (secondary N) is 3. The molecule has 1 aromatic heterocycles. The summed E-state index contributed by atoms with van der Waals surface area (Å²) in [6.07, 6.45) is 7.13. The molecule has 42 heavy (non-hydrogen) atoms. The molecule has 3 N–H and O–H groups in total. The maximum Gasteiger partial charge on any atom is 0.289 e. The molecule has 2 aliphatic rings. The molecule has 1 aromatic carbocycles. The van der Waals surface area contributed by atoms with Gasteiger partial charge in [0, 0.05) is 36.7 Å². The van der Waals surface area contributed by atoms with Crippen LogP contribution in [0.15, 0.2) is 34.7 Å². The third-order valence-corrected chi connectivity index (χ3v) is 8.40. The van der Waals surface area contributed by atoms with Crippen LogP contribution in [0.5, 0.6) is 0 Å². The number of hydrogen-bond acceptors (Lipinski definition) is 6. The Balaban J connectivity index is 1.53. The molecule has 1 aliphatic heterocycles. The first-order valence-electron chi connectivity index (χ1n) is 15.4. The Kier molecular flexibility index (Phi) is 10.6. The van der Waals surface area contributed by atoms with Gasteiger partial charge < -0.3 is 20.4 Å². The molecule has 9 nitrogen and oxygen atoms in total. The van der Waals surface area contributed by atoms with Gasteiger partial charge in [0.25, 0.3) is 5.91 Å². The fraction of sp³-hybridized carbons (Fsp3) is 0.606. The molecule has 2 fully saturated rings. The lowest BCUT2D eigenvalue weighted by atomic mass is 9.80. The molecule has 9 heteroatoms. The van der Waals surface area contributed by atoms with E-state index in [-0.39, 0.29) is 35.7 Å². The molecule has 1 saturated carbocycles. The number of amides is 3. The van der Waals surface area contributed by atoms with Gasteiger partial charge in [-0.05, 0) is 49.1 Å². The number of fused-ring (bicyclic) bond motifs is 1. The summed E-state index contributed by atoms with van der Waals surface area (Å²) in [4.78, 5) is 66.1. The minimum atomic E-state index is -1.17. The molecule has 1 aliphatic carbocycles. The molecule has 2 aromatic rings. The Morgan fingerprint density at radius 2 is 1.74 bits per heavy atom. The number of Topliss-reactive ketones (excluding diaryl/α,β-unsaturated/α-hetero) is 2. The van der Waals surface area contributed by atoms with E-state index in [2.05, 4.69) is 16.0 Å². The van der Waals surface area contributed by atoms with Crippen LogP contribution in [0.3, 0.4) is 0 Å². The van der Waals surface area contributed by atoms with Crippen LogP contribution in [0.25, 0.3) is 11.0 Å². The summed E-state index contributed by atoms with van der Waals surface area (Å²) in [6.45, 7) is 6.69. The van der Waals surface area contributed by atoms with Gasteiger partial charge in [-0.1, -0.05) is 71.1 Å². The quantitative estimate of drug-likeness (QED) is 0.246. The first kappa shape index (κ1) is 31.4. The van der Waals surface area contributed by atoms with Crippen LogP contribution < -0.4 is 16.0 Å². The van der Waals surface area contributed by atoms with Crippen molar-refractivity contribution in [2.75, 3.05) is 13.1 Å². The van der Waals surface area contributed by atoms with Crippen LogP contribution >= 0.6 is 0 Å². The van der Waals surface area contributed by atoms with Crippen molar-refractivity contribution < 1.29 is 28.4 Å². The number of hydrogen-bond donors (Lipinski definition) is 3. The molecule has 0 unspecified atom stereocenters. The topological polar surface area (TPSA) is 135 Å². The van der Waals surface area contributed by atoms with Crippen molar-refractivity contribution in [1.82, 2.24) is 16.0 Å². The Bertz CT molecular complexity index is 1250. The molecule has 228 valence electrons. The fourth-order valence-corrected chi connectivity index (χ4v) is 6.01. The van der Waals surface area contributed by atoms with Crippen molar-refractivity contribution in [3.63, 3.8) is 0 Å². The maximum absolute atomic E-state index is 13.9. The predicted octanol–water partition coefficient (Wildman–Crippen LogP) is 4.72. The van der Waals surface area contributed by atoms with Gasteiger partial charge in [-0.3, -0.25) is 24.0 Å². The first-order chi connectivity index (χ1) is 20.0. The molecule has 0 radical (unpaired) electrons. The predicted molar refractivity (Wildman–Crippen MR) is 160 cm³/mol. The SMILES string of the molecule is CC(C)(C)CNC(=O)C(=O)[C@H](C[C@@H]1CCCNC1=O)NC(=O)[C@@H](CC(=O)c1cc2ccccc2o1)CC1CCCCC1. The summed E-state index contributed by atoms with van der Waals surface area (Å²) in [5, 5.41) is 9.13. The summed E-state index contributed by atoms with van der Waals surface area (Å²) in [5.41, 5.74) is 0.367. The Morgan fingerprint density at radius 3 is 2.43 bits per heavy atom. The van der Waals surface area contributed by atoms with E-state index in [0.717, 1.165) is 43.9 Å². The molecule has 2 heterocycles. The summed E-state index contributed by atoms with van der Waals surface area (Å²) < 4.78 is 5.79. The minimum Gasteiger partial charge on any atom is -0.453 e. The Labute approximate surface area is 247 Å². The summed E-state index contributed by atoms with van der Waals surface area (Å²) in [5.74, 6) is -3.14. The van der Waals surface area contributed by atoms with E-state index in [0.29, 0.717) is 37.4 Å². The molecule has 0 bridgehead atoms. The Morgan fingerprint density at radius 1 is 1.00 bits per heavy atom. The third kappa shape index (κ3) is 8.76. The monoisotopic (exact) mass is 579 g/mol. The lowest BCUT2D eigenvalue weighted by Gasteiger charge is -2.29. The van der Waals surface area contributed by atoms with Crippen molar-refractivity contribution >= 4 is 40.3 Å². The third-order valence-electron chi connectivity index (χ3n) is 8.40. The van der Waals surface area contributed by atoms with Gasteiger partial charge in [0.1, 0.15) is 5.58 Å². The van der Waals surface area contributed by atoms with Crippen LogP contribution in [0, 0.1) is 23.2 Å². The smallest absolute Gasteiger partial charge is 0.289 e. The number of carbonyl (C=O) groups is 5. The van der Waals surface area contributed by atoms with E-state index in [1.54, 1.807) is 12.1 Å². The standard InChI is InChI=1S/C33H45N3O6/c1-33(2,3)20-35-32(41)29(38)25(17-23-13-9-15-34-30(23)39)36-31(40)24(16-21-10-5-4-6-11-21)18-26(37)28-19-22-12-7-8-14-27(22)42-28/h7-8,12,14,19,21,23-25H,4-6,9-11,13,15-18,20H2,1-3H3,(H,34,39)(H,35,41)(H,36,40)/t23-,24+,25-/m0/s1. The highest BCUT2D eigenvalue weighted by atomic mass is 16.3. The molecule has 4 rings (SSSR count). The lowest BCUT2D eigenvalue weighted by molar-refractivity contribution is -0.141. The van der Waals surface area contributed by atoms with Crippen LogP contribution in [0.1, 0.15) is 95.5 Å². The van der Waals surface area contributed by atoms with Crippen LogP contribution in [-0.2, 0) is 19.2 Å². The van der Waals surface area contributed by atoms with Crippen molar-refractivity contribution in [3.05, 3.63) is 36.1 Å².